The third kappa shape index (κ3) is 4.85. The number of aromatic nitrogens is 2. The van der Waals surface area contributed by atoms with Crippen molar-refractivity contribution in [3.63, 3.8) is 0 Å². The topological polar surface area (TPSA) is 78.4 Å². The molecule has 2 aromatic rings. The molecule has 0 radical (unpaired) electrons. The molecule has 4 rings (SSSR count). The van der Waals surface area contributed by atoms with Gasteiger partial charge in [-0.05, 0) is 63.2 Å². The number of carbonyl (C=O) groups excluding carboxylic acids is 2. The Labute approximate surface area is 203 Å². The van der Waals surface area contributed by atoms with E-state index in [1.54, 1.807) is 12.3 Å². The summed E-state index contributed by atoms with van der Waals surface area (Å²) in [4.78, 5) is 38.1. The van der Waals surface area contributed by atoms with E-state index >= 15 is 0 Å². The van der Waals surface area contributed by atoms with Crippen molar-refractivity contribution in [2.45, 2.75) is 57.9 Å². The normalized spacial score (nSPS) is 25.2. The molecule has 0 unspecified atom stereocenters. The van der Waals surface area contributed by atoms with Crippen molar-refractivity contribution < 1.29 is 9.59 Å². The van der Waals surface area contributed by atoms with Crippen molar-refractivity contribution >= 4 is 17.6 Å². The highest BCUT2D eigenvalue weighted by atomic mass is 16.2. The predicted molar refractivity (Wildman–Crippen MR) is 133 cm³/mol. The zero-order chi connectivity index (χ0) is 24.4. The van der Waals surface area contributed by atoms with E-state index in [9.17, 15) is 9.59 Å². The Balaban J connectivity index is 1.36. The molecule has 2 heterocycles. The third-order valence-corrected chi connectivity index (χ3v) is 8.16. The zero-order valence-corrected chi connectivity index (χ0v) is 20.9. The molecule has 1 aromatic heterocycles. The standard InChI is InChI=1S/C27H37N5O2/c1-25(2,24(34)30-22-10-16-28-20-29-22)15-17-32-19-26(18-23(32)33)11-13-27(14-12-26,31(3)4)21-8-6-5-7-9-21/h5-10,16,20H,11-15,17-19H2,1-4H3,(H,28,29,30,34)/t26-,27+. The first-order chi connectivity index (χ1) is 16.2. The maximum absolute atomic E-state index is 13.0. The molecule has 0 atom stereocenters. The van der Waals surface area contributed by atoms with Crippen LogP contribution >= 0.6 is 0 Å². The van der Waals surface area contributed by atoms with E-state index in [1.807, 2.05) is 18.7 Å². The zero-order valence-electron chi connectivity index (χ0n) is 20.9. The van der Waals surface area contributed by atoms with Gasteiger partial charge in [0.1, 0.15) is 12.1 Å². The van der Waals surface area contributed by atoms with Crippen LogP contribution in [0.4, 0.5) is 5.82 Å². The molecule has 1 aliphatic carbocycles. The van der Waals surface area contributed by atoms with Gasteiger partial charge >= 0.3 is 0 Å². The molecular weight excluding hydrogens is 426 g/mol. The molecule has 2 fully saturated rings. The minimum Gasteiger partial charge on any atom is -0.342 e. The summed E-state index contributed by atoms with van der Waals surface area (Å²) < 4.78 is 0. The van der Waals surface area contributed by atoms with Gasteiger partial charge < -0.3 is 10.2 Å². The lowest BCUT2D eigenvalue weighted by atomic mass is 9.64. The van der Waals surface area contributed by atoms with Crippen molar-refractivity contribution in [3.05, 3.63) is 54.5 Å². The molecule has 0 bridgehead atoms. The van der Waals surface area contributed by atoms with E-state index < -0.39 is 5.41 Å². The SMILES string of the molecule is CN(C)[C@]1(c2ccccc2)CC[C@]2(CC1)CC(=O)N(CCC(C)(C)C(=O)Nc1ccncn1)C2. The maximum atomic E-state index is 13.0. The number of benzene rings is 1. The van der Waals surface area contributed by atoms with E-state index in [0.29, 0.717) is 25.2 Å². The summed E-state index contributed by atoms with van der Waals surface area (Å²) in [5.74, 6) is 0.627. The average Bonchev–Trinajstić information content (AvgIpc) is 3.14. The van der Waals surface area contributed by atoms with Gasteiger partial charge in [-0.2, -0.15) is 0 Å². The summed E-state index contributed by atoms with van der Waals surface area (Å²) in [6.45, 7) is 5.24. The third-order valence-electron chi connectivity index (χ3n) is 8.16. The lowest BCUT2D eigenvalue weighted by Gasteiger charge is -2.49. The smallest absolute Gasteiger partial charge is 0.231 e. The molecule has 2 amide bonds. The van der Waals surface area contributed by atoms with Crippen LogP contribution in [0.5, 0.6) is 0 Å². The lowest BCUT2D eigenvalue weighted by Crippen LogP contribution is -2.47. The van der Waals surface area contributed by atoms with Crippen LogP contribution in [-0.2, 0) is 15.1 Å². The molecular formula is C27H37N5O2. The Hall–Kier alpha value is -2.80. The van der Waals surface area contributed by atoms with Crippen molar-refractivity contribution in [3.8, 4) is 0 Å². The molecule has 1 spiro atoms. The van der Waals surface area contributed by atoms with Crippen LogP contribution in [0, 0.1) is 10.8 Å². The second-order valence-corrected chi connectivity index (χ2v) is 11.0. The van der Waals surface area contributed by atoms with E-state index in [-0.39, 0.29) is 22.8 Å². The number of anilines is 1. The molecule has 7 heteroatoms. The number of likely N-dealkylation sites (tertiary alicyclic amines) is 1. The van der Waals surface area contributed by atoms with Crippen molar-refractivity contribution in [2.75, 3.05) is 32.5 Å². The Bertz CT molecular complexity index is 998. The van der Waals surface area contributed by atoms with Gasteiger partial charge in [-0.3, -0.25) is 14.5 Å². The van der Waals surface area contributed by atoms with E-state index in [2.05, 4.69) is 64.6 Å². The lowest BCUT2D eigenvalue weighted by molar-refractivity contribution is -0.130. The number of hydrogen-bond acceptors (Lipinski definition) is 5. The molecule has 1 aliphatic heterocycles. The summed E-state index contributed by atoms with van der Waals surface area (Å²) in [5, 5.41) is 2.86. The van der Waals surface area contributed by atoms with Crippen LogP contribution in [0.3, 0.4) is 0 Å². The molecule has 1 saturated heterocycles. The number of carbonyl (C=O) groups is 2. The molecule has 1 aromatic carbocycles. The van der Waals surface area contributed by atoms with Gasteiger partial charge in [-0.25, -0.2) is 9.97 Å². The highest BCUT2D eigenvalue weighted by molar-refractivity contribution is 5.94. The largest absolute Gasteiger partial charge is 0.342 e. The number of nitrogens with zero attached hydrogens (tertiary/aromatic N) is 4. The Morgan fingerprint density at radius 3 is 2.44 bits per heavy atom. The Morgan fingerprint density at radius 2 is 1.82 bits per heavy atom. The number of nitrogens with one attached hydrogen (secondary N) is 1. The van der Waals surface area contributed by atoms with Gasteiger partial charge in [0, 0.05) is 36.7 Å². The van der Waals surface area contributed by atoms with Crippen LogP contribution in [0.25, 0.3) is 0 Å². The van der Waals surface area contributed by atoms with Gasteiger partial charge in [0.2, 0.25) is 11.8 Å². The molecule has 182 valence electrons. The monoisotopic (exact) mass is 463 g/mol. The first-order valence-electron chi connectivity index (χ1n) is 12.2. The van der Waals surface area contributed by atoms with Gasteiger partial charge in [0.15, 0.2) is 0 Å². The van der Waals surface area contributed by atoms with Crippen LogP contribution in [0.2, 0.25) is 0 Å². The van der Waals surface area contributed by atoms with Crippen molar-refractivity contribution in [1.82, 2.24) is 19.8 Å². The quantitative estimate of drug-likeness (QED) is 0.669. The van der Waals surface area contributed by atoms with Crippen molar-refractivity contribution in [1.29, 1.82) is 0 Å². The summed E-state index contributed by atoms with van der Waals surface area (Å²) in [6.07, 6.45) is 8.44. The maximum Gasteiger partial charge on any atom is 0.231 e. The average molecular weight is 464 g/mol. The summed E-state index contributed by atoms with van der Waals surface area (Å²) >= 11 is 0. The van der Waals surface area contributed by atoms with E-state index in [0.717, 1.165) is 32.2 Å². The number of hydrogen-bond donors (Lipinski definition) is 1. The highest BCUT2D eigenvalue weighted by Crippen LogP contribution is 2.52. The van der Waals surface area contributed by atoms with Crippen LogP contribution < -0.4 is 5.32 Å². The van der Waals surface area contributed by atoms with Gasteiger partial charge in [-0.1, -0.05) is 44.2 Å². The number of rotatable bonds is 7. The van der Waals surface area contributed by atoms with Gasteiger partial charge in [0.05, 0.1) is 0 Å². The first-order valence-corrected chi connectivity index (χ1v) is 12.2. The Kier molecular flexibility index (Phi) is 6.76. The molecule has 1 saturated carbocycles. The second kappa shape index (κ2) is 9.45. The first kappa shape index (κ1) is 24.3. The fourth-order valence-electron chi connectivity index (χ4n) is 5.63. The van der Waals surface area contributed by atoms with Crippen molar-refractivity contribution in [2.24, 2.45) is 10.8 Å². The van der Waals surface area contributed by atoms with Gasteiger partial charge in [0.25, 0.3) is 0 Å². The number of amides is 2. The van der Waals surface area contributed by atoms with E-state index in [4.69, 9.17) is 0 Å². The Morgan fingerprint density at radius 1 is 1.12 bits per heavy atom. The molecule has 7 nitrogen and oxygen atoms in total. The molecule has 2 aliphatic rings. The predicted octanol–water partition coefficient (Wildman–Crippen LogP) is 4.08. The van der Waals surface area contributed by atoms with Crippen LogP contribution in [0.15, 0.2) is 48.9 Å². The van der Waals surface area contributed by atoms with E-state index in [1.165, 1.54) is 11.9 Å². The summed E-state index contributed by atoms with van der Waals surface area (Å²) in [7, 11) is 4.34. The van der Waals surface area contributed by atoms with Crippen LogP contribution in [-0.4, -0.2) is 58.8 Å². The van der Waals surface area contributed by atoms with Crippen LogP contribution in [0.1, 0.15) is 57.9 Å². The summed E-state index contributed by atoms with van der Waals surface area (Å²) in [5.41, 5.74) is 0.844. The fraction of sp³-hybridized carbons (Fsp3) is 0.556. The minimum atomic E-state index is -0.610. The second-order valence-electron chi connectivity index (χ2n) is 11.0. The fourth-order valence-corrected chi connectivity index (χ4v) is 5.63. The molecule has 1 N–H and O–H groups in total. The molecule has 34 heavy (non-hydrogen) atoms. The van der Waals surface area contributed by atoms with Gasteiger partial charge in [-0.15, -0.1) is 0 Å². The highest BCUT2D eigenvalue weighted by Gasteiger charge is 2.50. The minimum absolute atomic E-state index is 0.0318. The summed E-state index contributed by atoms with van der Waals surface area (Å²) in [6, 6.07) is 12.5.